The molecule has 1 aromatic heterocycles. The Hall–Kier alpha value is -1.36. The maximum Gasteiger partial charge on any atom is 0.148 e. The van der Waals surface area contributed by atoms with Crippen molar-refractivity contribution >= 4 is 21.6 Å². The summed E-state index contributed by atoms with van der Waals surface area (Å²) in [5.74, 6) is 0.508. The smallest absolute Gasteiger partial charge is 0.148 e. The molecule has 0 unspecified atom stereocenters. The standard InChI is InChI=1S/C17H19BrFN3/c1-9-12(18)6-13(19)15-14(9)16-11(17(2,3)21-15)7-20-22(16)8-10-4-5-10/h6-7,10,21H,4-5,8H2,1-3H3. The van der Waals surface area contributed by atoms with Crippen LogP contribution in [0.2, 0.25) is 0 Å². The Bertz CT molecular complexity index is 775. The van der Waals surface area contributed by atoms with Gasteiger partial charge in [0.25, 0.3) is 0 Å². The molecular formula is C17H19BrFN3. The monoisotopic (exact) mass is 363 g/mol. The summed E-state index contributed by atoms with van der Waals surface area (Å²) in [4.78, 5) is 0. The highest BCUT2D eigenvalue weighted by Gasteiger charge is 2.37. The van der Waals surface area contributed by atoms with Crippen molar-refractivity contribution in [1.82, 2.24) is 9.78 Å². The van der Waals surface area contributed by atoms with Crippen molar-refractivity contribution in [2.45, 2.75) is 45.7 Å². The molecule has 1 N–H and O–H groups in total. The quantitative estimate of drug-likeness (QED) is 0.827. The molecule has 3 nitrogen and oxygen atoms in total. The predicted molar refractivity (Wildman–Crippen MR) is 89.4 cm³/mol. The fourth-order valence-corrected chi connectivity index (χ4v) is 3.71. The van der Waals surface area contributed by atoms with Crippen LogP contribution in [-0.4, -0.2) is 9.78 Å². The number of nitrogens with zero attached hydrogens (tertiary/aromatic N) is 2. The average Bonchev–Trinajstić information content (AvgIpc) is 3.15. The second kappa shape index (κ2) is 4.57. The van der Waals surface area contributed by atoms with Crippen LogP contribution in [-0.2, 0) is 12.1 Å². The van der Waals surface area contributed by atoms with Crippen LogP contribution in [0.15, 0.2) is 16.7 Å². The van der Waals surface area contributed by atoms with Crippen molar-refractivity contribution in [3.63, 3.8) is 0 Å². The van der Waals surface area contributed by atoms with E-state index in [1.165, 1.54) is 12.8 Å². The number of benzene rings is 1. The first-order valence-corrected chi connectivity index (χ1v) is 8.51. The van der Waals surface area contributed by atoms with Gasteiger partial charge in [0.2, 0.25) is 0 Å². The number of hydrogen-bond donors (Lipinski definition) is 1. The molecule has 1 saturated carbocycles. The van der Waals surface area contributed by atoms with E-state index in [0.29, 0.717) is 5.69 Å². The topological polar surface area (TPSA) is 29.9 Å². The summed E-state index contributed by atoms with van der Waals surface area (Å²) in [6, 6.07) is 1.55. The molecule has 116 valence electrons. The molecule has 1 fully saturated rings. The lowest BCUT2D eigenvalue weighted by atomic mass is 9.85. The van der Waals surface area contributed by atoms with Gasteiger partial charge < -0.3 is 5.32 Å². The molecule has 0 atom stereocenters. The lowest BCUT2D eigenvalue weighted by Gasteiger charge is -2.35. The Morgan fingerprint density at radius 3 is 2.86 bits per heavy atom. The first kappa shape index (κ1) is 14.2. The second-order valence-electron chi connectivity index (χ2n) is 7.00. The van der Waals surface area contributed by atoms with Crippen LogP contribution in [0.25, 0.3) is 11.3 Å². The Balaban J connectivity index is 2.00. The summed E-state index contributed by atoms with van der Waals surface area (Å²) >= 11 is 3.48. The number of fused-ring (bicyclic) bond motifs is 3. The third-order valence-electron chi connectivity index (χ3n) is 4.79. The van der Waals surface area contributed by atoms with E-state index in [0.717, 1.165) is 39.3 Å². The third kappa shape index (κ3) is 2.02. The fourth-order valence-electron chi connectivity index (χ4n) is 3.31. The molecule has 0 spiro atoms. The first-order valence-electron chi connectivity index (χ1n) is 7.72. The molecule has 0 saturated heterocycles. The minimum absolute atomic E-state index is 0.217. The number of nitrogens with one attached hydrogen (secondary N) is 1. The predicted octanol–water partition coefficient (Wildman–Crippen LogP) is 4.83. The highest BCUT2D eigenvalue weighted by Crippen LogP contribution is 2.48. The Labute approximate surface area is 138 Å². The molecule has 1 aliphatic carbocycles. The van der Waals surface area contributed by atoms with E-state index in [4.69, 9.17) is 0 Å². The summed E-state index contributed by atoms with van der Waals surface area (Å²) in [5.41, 5.74) is 4.48. The van der Waals surface area contributed by atoms with E-state index in [2.05, 4.69) is 44.9 Å². The summed E-state index contributed by atoms with van der Waals surface area (Å²) < 4.78 is 17.4. The maximum absolute atomic E-state index is 14.5. The Morgan fingerprint density at radius 1 is 1.45 bits per heavy atom. The fraction of sp³-hybridized carbons (Fsp3) is 0.471. The van der Waals surface area contributed by atoms with Crippen molar-refractivity contribution in [3.05, 3.63) is 33.7 Å². The van der Waals surface area contributed by atoms with Crippen molar-refractivity contribution in [3.8, 4) is 11.3 Å². The summed E-state index contributed by atoms with van der Waals surface area (Å²) in [6.07, 6.45) is 4.48. The Morgan fingerprint density at radius 2 is 2.18 bits per heavy atom. The van der Waals surface area contributed by atoms with Crippen molar-refractivity contribution < 1.29 is 4.39 Å². The zero-order valence-corrected chi connectivity index (χ0v) is 14.6. The van der Waals surface area contributed by atoms with Crippen LogP contribution in [0.3, 0.4) is 0 Å². The first-order chi connectivity index (χ1) is 10.4. The van der Waals surface area contributed by atoms with Gasteiger partial charge in [-0.15, -0.1) is 0 Å². The van der Waals surface area contributed by atoms with Crippen molar-refractivity contribution in [1.29, 1.82) is 0 Å². The van der Waals surface area contributed by atoms with E-state index < -0.39 is 0 Å². The molecule has 4 rings (SSSR count). The average molecular weight is 364 g/mol. The van der Waals surface area contributed by atoms with Gasteiger partial charge in [-0.2, -0.15) is 5.10 Å². The van der Waals surface area contributed by atoms with Gasteiger partial charge in [-0.3, -0.25) is 4.68 Å². The molecule has 2 aliphatic rings. The van der Waals surface area contributed by atoms with Gasteiger partial charge in [0.15, 0.2) is 0 Å². The largest absolute Gasteiger partial charge is 0.373 e. The molecule has 5 heteroatoms. The van der Waals surface area contributed by atoms with E-state index in [9.17, 15) is 4.39 Å². The van der Waals surface area contributed by atoms with Gasteiger partial charge in [-0.05, 0) is 51.2 Å². The summed E-state index contributed by atoms with van der Waals surface area (Å²) in [6.45, 7) is 7.11. The van der Waals surface area contributed by atoms with Crippen molar-refractivity contribution in [2.24, 2.45) is 5.92 Å². The minimum atomic E-state index is -0.328. The number of rotatable bonds is 2. The SMILES string of the molecule is Cc1c(Br)cc(F)c2c1-c1c(cnn1CC1CC1)C(C)(C)N2. The third-order valence-corrected chi connectivity index (χ3v) is 5.61. The van der Waals surface area contributed by atoms with E-state index in [1.807, 2.05) is 13.1 Å². The van der Waals surface area contributed by atoms with Crippen LogP contribution >= 0.6 is 15.9 Å². The highest BCUT2D eigenvalue weighted by molar-refractivity contribution is 9.10. The van der Waals surface area contributed by atoms with Crippen LogP contribution < -0.4 is 5.32 Å². The molecule has 0 radical (unpaired) electrons. The number of hydrogen-bond acceptors (Lipinski definition) is 2. The molecule has 0 amide bonds. The van der Waals surface area contributed by atoms with Gasteiger partial charge in [-0.25, -0.2) is 4.39 Å². The number of aromatic nitrogens is 2. The molecule has 2 aromatic rings. The van der Waals surface area contributed by atoms with Crippen LogP contribution in [0.5, 0.6) is 0 Å². The molecule has 2 heterocycles. The number of halogens is 2. The lowest BCUT2D eigenvalue weighted by molar-refractivity contribution is 0.555. The zero-order chi connectivity index (χ0) is 15.6. The van der Waals surface area contributed by atoms with Crippen LogP contribution in [0.1, 0.15) is 37.8 Å². The molecule has 1 aliphatic heterocycles. The highest BCUT2D eigenvalue weighted by atomic mass is 79.9. The zero-order valence-electron chi connectivity index (χ0n) is 13.0. The summed E-state index contributed by atoms with van der Waals surface area (Å²) in [5, 5.41) is 7.97. The van der Waals surface area contributed by atoms with Crippen LogP contribution in [0.4, 0.5) is 10.1 Å². The van der Waals surface area contributed by atoms with Gasteiger partial charge in [0.1, 0.15) is 5.82 Å². The Kier molecular flexibility index (Phi) is 2.96. The van der Waals surface area contributed by atoms with E-state index >= 15 is 0 Å². The van der Waals surface area contributed by atoms with Crippen molar-refractivity contribution in [2.75, 3.05) is 5.32 Å². The normalized spacial score (nSPS) is 18.6. The summed E-state index contributed by atoms with van der Waals surface area (Å²) in [7, 11) is 0. The second-order valence-corrected chi connectivity index (χ2v) is 7.85. The van der Waals surface area contributed by atoms with E-state index in [1.54, 1.807) is 6.07 Å². The lowest BCUT2D eigenvalue weighted by Crippen LogP contribution is -2.32. The minimum Gasteiger partial charge on any atom is -0.373 e. The molecule has 22 heavy (non-hydrogen) atoms. The van der Waals surface area contributed by atoms with Gasteiger partial charge >= 0.3 is 0 Å². The van der Waals surface area contributed by atoms with Gasteiger partial charge in [0.05, 0.1) is 23.1 Å². The van der Waals surface area contributed by atoms with Gasteiger partial charge in [-0.1, -0.05) is 15.9 Å². The van der Waals surface area contributed by atoms with Crippen LogP contribution in [0, 0.1) is 18.7 Å². The van der Waals surface area contributed by atoms with E-state index in [-0.39, 0.29) is 11.4 Å². The molecular weight excluding hydrogens is 345 g/mol. The molecule has 1 aromatic carbocycles. The molecule has 0 bridgehead atoms. The maximum atomic E-state index is 14.5. The van der Waals surface area contributed by atoms with Gasteiger partial charge in [0, 0.05) is 22.1 Å². The number of anilines is 1.